The number of aliphatic carboxylic acids is 1. The summed E-state index contributed by atoms with van der Waals surface area (Å²) in [5.74, 6) is -0.462. The lowest BCUT2D eigenvalue weighted by molar-refractivity contribution is -0.136. The Hall–Kier alpha value is -1.73. The van der Waals surface area contributed by atoms with Crippen LogP contribution in [0, 0.1) is 11.3 Å². The van der Waals surface area contributed by atoms with Gasteiger partial charge < -0.3 is 9.84 Å². The minimum absolute atomic E-state index is 0.0860. The van der Waals surface area contributed by atoms with Gasteiger partial charge in [0.05, 0.1) is 19.1 Å². The molecule has 1 aromatic carbocycles. The fourth-order valence-electron chi connectivity index (χ4n) is 1.44. The highest BCUT2D eigenvalue weighted by molar-refractivity contribution is 6.17. The molecule has 0 aliphatic rings. The first kappa shape index (κ1) is 12.3. The van der Waals surface area contributed by atoms with Crippen molar-refractivity contribution >= 4 is 17.6 Å². The molecule has 0 aliphatic heterocycles. The highest BCUT2D eigenvalue weighted by Gasteiger charge is 2.14. The summed E-state index contributed by atoms with van der Waals surface area (Å²) in [7, 11) is 1.45. The van der Waals surface area contributed by atoms with Gasteiger partial charge in [0, 0.05) is 5.88 Å². The Bertz CT molecular complexity index is 451. The van der Waals surface area contributed by atoms with Crippen LogP contribution in [0.1, 0.15) is 16.7 Å². The Labute approximate surface area is 98.0 Å². The van der Waals surface area contributed by atoms with E-state index in [0.717, 1.165) is 0 Å². The van der Waals surface area contributed by atoms with E-state index in [4.69, 9.17) is 26.7 Å². The average Bonchev–Trinajstić information content (AvgIpc) is 2.27. The van der Waals surface area contributed by atoms with Crippen LogP contribution in [0.5, 0.6) is 5.75 Å². The molecule has 1 aromatic rings. The van der Waals surface area contributed by atoms with Crippen LogP contribution in [0.2, 0.25) is 0 Å². The summed E-state index contributed by atoms with van der Waals surface area (Å²) in [6, 6.07) is 5.17. The zero-order valence-corrected chi connectivity index (χ0v) is 9.41. The molecular weight excluding hydrogens is 230 g/mol. The van der Waals surface area contributed by atoms with Crippen LogP contribution >= 0.6 is 11.6 Å². The molecule has 0 amide bonds. The summed E-state index contributed by atoms with van der Waals surface area (Å²) in [5.41, 5.74) is 1.36. The third kappa shape index (κ3) is 2.44. The Balaban J connectivity index is 3.32. The summed E-state index contributed by atoms with van der Waals surface area (Å²) < 4.78 is 5.01. The zero-order valence-electron chi connectivity index (χ0n) is 8.66. The molecule has 1 rings (SSSR count). The number of hydrogen-bond donors (Lipinski definition) is 1. The molecule has 0 aromatic heterocycles. The standard InChI is InChI=1S/C11H10ClNO3/c1-16-10-3-2-7(4-11(14)15)8(5-12)9(10)6-13/h2-3H,4-5H2,1H3,(H,14,15). The van der Waals surface area contributed by atoms with E-state index in [1.165, 1.54) is 7.11 Å². The van der Waals surface area contributed by atoms with Crippen LogP contribution in [-0.4, -0.2) is 18.2 Å². The maximum absolute atomic E-state index is 10.6. The van der Waals surface area contributed by atoms with Crippen molar-refractivity contribution in [2.45, 2.75) is 12.3 Å². The van der Waals surface area contributed by atoms with E-state index in [1.807, 2.05) is 6.07 Å². The Morgan fingerprint density at radius 1 is 1.62 bits per heavy atom. The number of carboxylic acids is 1. The number of halogens is 1. The number of benzene rings is 1. The maximum Gasteiger partial charge on any atom is 0.307 e. The lowest BCUT2D eigenvalue weighted by atomic mass is 10.00. The summed E-state index contributed by atoms with van der Waals surface area (Å²) in [6.07, 6.45) is -0.152. The molecule has 0 fully saturated rings. The highest BCUT2D eigenvalue weighted by atomic mass is 35.5. The molecule has 0 radical (unpaired) electrons. The van der Waals surface area contributed by atoms with Gasteiger partial charge in [-0.05, 0) is 17.2 Å². The van der Waals surface area contributed by atoms with Gasteiger partial charge in [0.2, 0.25) is 0 Å². The first-order chi connectivity index (χ1) is 7.63. The molecule has 1 N–H and O–H groups in total. The van der Waals surface area contributed by atoms with Crippen molar-refractivity contribution < 1.29 is 14.6 Å². The van der Waals surface area contributed by atoms with Crippen LogP contribution in [0.3, 0.4) is 0 Å². The fourth-order valence-corrected chi connectivity index (χ4v) is 1.75. The molecular formula is C11H10ClNO3. The Kier molecular flexibility index (Phi) is 4.15. The minimum Gasteiger partial charge on any atom is -0.495 e. The van der Waals surface area contributed by atoms with Crippen molar-refractivity contribution in [3.63, 3.8) is 0 Å². The van der Waals surface area contributed by atoms with Crippen LogP contribution < -0.4 is 4.74 Å². The SMILES string of the molecule is COc1ccc(CC(=O)O)c(CCl)c1C#N. The molecule has 0 heterocycles. The minimum atomic E-state index is -0.958. The second-order valence-electron chi connectivity index (χ2n) is 3.10. The Morgan fingerprint density at radius 2 is 2.31 bits per heavy atom. The van der Waals surface area contributed by atoms with Gasteiger partial charge in [0.1, 0.15) is 11.8 Å². The molecule has 0 aliphatic carbocycles. The normalized spacial score (nSPS) is 9.56. The van der Waals surface area contributed by atoms with Gasteiger partial charge >= 0.3 is 5.97 Å². The van der Waals surface area contributed by atoms with Crippen molar-refractivity contribution in [3.05, 3.63) is 28.8 Å². The lowest BCUT2D eigenvalue weighted by Gasteiger charge is -2.10. The van der Waals surface area contributed by atoms with Gasteiger partial charge in [-0.25, -0.2) is 0 Å². The van der Waals surface area contributed by atoms with E-state index in [-0.39, 0.29) is 12.3 Å². The number of hydrogen-bond acceptors (Lipinski definition) is 3. The quantitative estimate of drug-likeness (QED) is 0.815. The molecule has 0 bridgehead atoms. The number of methoxy groups -OCH3 is 1. The second kappa shape index (κ2) is 5.38. The lowest BCUT2D eigenvalue weighted by Crippen LogP contribution is -2.05. The first-order valence-electron chi connectivity index (χ1n) is 4.50. The predicted molar refractivity (Wildman–Crippen MR) is 58.6 cm³/mol. The average molecular weight is 240 g/mol. The summed E-state index contributed by atoms with van der Waals surface area (Å²) in [4.78, 5) is 10.6. The smallest absolute Gasteiger partial charge is 0.307 e. The van der Waals surface area contributed by atoms with Crippen molar-refractivity contribution in [2.24, 2.45) is 0 Å². The molecule has 5 heteroatoms. The monoisotopic (exact) mass is 239 g/mol. The molecule has 0 atom stereocenters. The van der Waals surface area contributed by atoms with Gasteiger partial charge in [-0.15, -0.1) is 11.6 Å². The van der Waals surface area contributed by atoms with Crippen LogP contribution in [0.15, 0.2) is 12.1 Å². The highest BCUT2D eigenvalue weighted by Crippen LogP contribution is 2.26. The fraction of sp³-hybridized carbons (Fsp3) is 0.273. The van der Waals surface area contributed by atoms with Gasteiger partial charge in [0.25, 0.3) is 0 Å². The molecule has 4 nitrogen and oxygen atoms in total. The number of alkyl halides is 1. The number of ether oxygens (including phenoxy) is 1. The van der Waals surface area contributed by atoms with Gasteiger partial charge in [0.15, 0.2) is 0 Å². The summed E-state index contributed by atoms with van der Waals surface area (Å²) in [6.45, 7) is 0. The number of nitriles is 1. The summed E-state index contributed by atoms with van der Waals surface area (Å²) >= 11 is 5.73. The van der Waals surface area contributed by atoms with Crippen molar-refractivity contribution in [1.29, 1.82) is 5.26 Å². The topological polar surface area (TPSA) is 70.3 Å². The van der Waals surface area contributed by atoms with Gasteiger partial charge in [-0.2, -0.15) is 5.26 Å². The number of carbonyl (C=O) groups is 1. The van der Waals surface area contributed by atoms with E-state index < -0.39 is 5.97 Å². The van der Waals surface area contributed by atoms with E-state index in [2.05, 4.69) is 0 Å². The largest absolute Gasteiger partial charge is 0.495 e. The van der Waals surface area contributed by atoms with Crippen molar-refractivity contribution in [2.75, 3.05) is 7.11 Å². The van der Waals surface area contributed by atoms with Crippen LogP contribution in [0.4, 0.5) is 0 Å². The number of nitrogens with zero attached hydrogens (tertiary/aromatic N) is 1. The van der Waals surface area contributed by atoms with Gasteiger partial charge in [-0.3, -0.25) is 4.79 Å². The van der Waals surface area contributed by atoms with E-state index in [9.17, 15) is 4.79 Å². The molecule has 0 spiro atoms. The third-order valence-electron chi connectivity index (χ3n) is 2.18. The van der Waals surface area contributed by atoms with E-state index in [1.54, 1.807) is 12.1 Å². The second-order valence-corrected chi connectivity index (χ2v) is 3.36. The Morgan fingerprint density at radius 3 is 2.75 bits per heavy atom. The predicted octanol–water partition coefficient (Wildman–Crippen LogP) is 1.93. The van der Waals surface area contributed by atoms with Crippen molar-refractivity contribution in [3.8, 4) is 11.8 Å². The number of carboxylic acid groups (broad SMARTS) is 1. The van der Waals surface area contributed by atoms with Crippen molar-refractivity contribution in [1.82, 2.24) is 0 Å². The molecule has 0 saturated heterocycles. The molecule has 0 unspecified atom stereocenters. The third-order valence-corrected chi connectivity index (χ3v) is 2.45. The first-order valence-corrected chi connectivity index (χ1v) is 5.04. The maximum atomic E-state index is 10.6. The molecule has 16 heavy (non-hydrogen) atoms. The molecule has 84 valence electrons. The van der Waals surface area contributed by atoms with E-state index >= 15 is 0 Å². The van der Waals surface area contributed by atoms with Crippen LogP contribution in [-0.2, 0) is 17.1 Å². The van der Waals surface area contributed by atoms with Gasteiger partial charge in [-0.1, -0.05) is 6.07 Å². The molecule has 0 saturated carbocycles. The number of rotatable bonds is 4. The van der Waals surface area contributed by atoms with Crippen LogP contribution in [0.25, 0.3) is 0 Å². The summed E-state index contributed by atoms with van der Waals surface area (Å²) in [5, 5.41) is 17.7. The zero-order chi connectivity index (χ0) is 12.1. The van der Waals surface area contributed by atoms with E-state index in [0.29, 0.717) is 22.4 Å².